The van der Waals surface area contributed by atoms with E-state index in [9.17, 15) is 13.2 Å². The maximum atomic E-state index is 12.2. The van der Waals surface area contributed by atoms with Crippen LogP contribution in [0.25, 0.3) is 0 Å². The Morgan fingerprint density at radius 2 is 2.11 bits per heavy atom. The molecule has 0 aliphatic carbocycles. The van der Waals surface area contributed by atoms with Gasteiger partial charge in [-0.15, -0.1) is 0 Å². The van der Waals surface area contributed by atoms with E-state index in [4.69, 9.17) is 11.6 Å². The average Bonchev–Trinajstić information content (AvgIpc) is 2.28. The van der Waals surface area contributed by atoms with E-state index in [-0.39, 0.29) is 16.5 Å². The van der Waals surface area contributed by atoms with Gasteiger partial charge in [0.05, 0.1) is 11.6 Å². The molecule has 0 unspecified atom stereocenters. The van der Waals surface area contributed by atoms with E-state index >= 15 is 0 Å². The summed E-state index contributed by atoms with van der Waals surface area (Å²) in [7, 11) is -1.01. The normalized spacial score (nSPS) is 11.6. The third-order valence-electron chi connectivity index (χ3n) is 2.23. The van der Waals surface area contributed by atoms with E-state index in [1.165, 1.54) is 26.2 Å². The molecule has 0 aromatic heterocycles. The SMILES string of the molecule is CNC(=O)CN(C)S(=O)(=O)c1ccc(Br)cc1Cl. The Morgan fingerprint density at radius 3 is 2.61 bits per heavy atom. The van der Waals surface area contributed by atoms with Crippen LogP contribution in [0.4, 0.5) is 0 Å². The largest absolute Gasteiger partial charge is 0.358 e. The van der Waals surface area contributed by atoms with Crippen LogP contribution in [-0.2, 0) is 14.8 Å². The number of sulfonamides is 1. The second-order valence-corrected chi connectivity index (χ2v) is 6.85. The standard InChI is InChI=1S/C10H12BrClN2O3S/c1-13-10(15)6-14(2)18(16,17)9-4-3-7(11)5-8(9)12/h3-5H,6H2,1-2H3,(H,13,15). The van der Waals surface area contributed by atoms with Gasteiger partial charge in [-0.05, 0) is 18.2 Å². The highest BCUT2D eigenvalue weighted by Gasteiger charge is 2.25. The van der Waals surface area contributed by atoms with Gasteiger partial charge in [-0.1, -0.05) is 27.5 Å². The van der Waals surface area contributed by atoms with Crippen molar-refractivity contribution in [1.29, 1.82) is 0 Å². The first-order valence-corrected chi connectivity index (χ1v) is 7.52. The highest BCUT2D eigenvalue weighted by molar-refractivity contribution is 9.10. The molecule has 0 spiro atoms. The number of nitrogens with zero attached hydrogens (tertiary/aromatic N) is 1. The van der Waals surface area contributed by atoms with Crippen molar-refractivity contribution in [2.45, 2.75) is 4.90 Å². The van der Waals surface area contributed by atoms with Crippen molar-refractivity contribution in [3.05, 3.63) is 27.7 Å². The van der Waals surface area contributed by atoms with Crippen LogP contribution in [0.2, 0.25) is 5.02 Å². The van der Waals surface area contributed by atoms with Crippen molar-refractivity contribution in [3.8, 4) is 0 Å². The Balaban J connectivity index is 3.09. The number of hydrogen-bond donors (Lipinski definition) is 1. The molecule has 0 heterocycles. The lowest BCUT2D eigenvalue weighted by atomic mass is 10.4. The zero-order valence-electron chi connectivity index (χ0n) is 9.78. The van der Waals surface area contributed by atoms with Crippen LogP contribution in [0, 0.1) is 0 Å². The summed E-state index contributed by atoms with van der Waals surface area (Å²) in [6.45, 7) is -0.259. The van der Waals surface area contributed by atoms with Gasteiger partial charge in [0.25, 0.3) is 0 Å². The summed E-state index contributed by atoms with van der Waals surface area (Å²) in [5.74, 6) is -0.394. The van der Waals surface area contributed by atoms with E-state index in [2.05, 4.69) is 21.2 Å². The Labute approximate surface area is 119 Å². The molecular formula is C10H12BrClN2O3S. The number of amides is 1. The van der Waals surface area contributed by atoms with Crippen LogP contribution in [0.1, 0.15) is 0 Å². The first-order chi connectivity index (χ1) is 8.28. The molecule has 0 saturated carbocycles. The summed E-state index contributed by atoms with van der Waals surface area (Å²) in [5, 5.41) is 2.46. The summed E-state index contributed by atoms with van der Waals surface area (Å²) >= 11 is 9.09. The molecule has 100 valence electrons. The predicted octanol–water partition coefficient (Wildman–Crippen LogP) is 1.47. The lowest BCUT2D eigenvalue weighted by Gasteiger charge is -2.17. The maximum absolute atomic E-state index is 12.2. The molecule has 1 N–H and O–H groups in total. The second-order valence-electron chi connectivity index (χ2n) is 3.51. The zero-order chi connectivity index (χ0) is 13.9. The molecule has 0 aliphatic heterocycles. The monoisotopic (exact) mass is 354 g/mol. The third-order valence-corrected chi connectivity index (χ3v) is 5.01. The predicted molar refractivity (Wildman–Crippen MR) is 73.0 cm³/mol. The van der Waals surface area contributed by atoms with Gasteiger partial charge in [-0.2, -0.15) is 4.31 Å². The van der Waals surface area contributed by atoms with Crippen LogP contribution >= 0.6 is 27.5 Å². The molecule has 0 fully saturated rings. The van der Waals surface area contributed by atoms with E-state index < -0.39 is 15.9 Å². The van der Waals surface area contributed by atoms with E-state index in [0.717, 1.165) is 4.31 Å². The molecule has 1 rings (SSSR count). The van der Waals surface area contributed by atoms with Crippen molar-refractivity contribution >= 4 is 43.5 Å². The molecule has 8 heteroatoms. The van der Waals surface area contributed by atoms with Crippen LogP contribution in [0.5, 0.6) is 0 Å². The van der Waals surface area contributed by atoms with E-state index in [0.29, 0.717) is 4.47 Å². The van der Waals surface area contributed by atoms with Gasteiger partial charge in [0.15, 0.2) is 0 Å². The summed E-state index contributed by atoms with van der Waals surface area (Å²) in [5.41, 5.74) is 0. The highest BCUT2D eigenvalue weighted by atomic mass is 79.9. The molecule has 5 nitrogen and oxygen atoms in total. The van der Waals surface area contributed by atoms with Gasteiger partial charge in [0.1, 0.15) is 4.90 Å². The quantitative estimate of drug-likeness (QED) is 0.889. The van der Waals surface area contributed by atoms with E-state index in [1.54, 1.807) is 6.07 Å². The van der Waals surface area contributed by atoms with Crippen molar-refractivity contribution in [1.82, 2.24) is 9.62 Å². The molecule has 0 aliphatic rings. The van der Waals surface area contributed by atoms with Crippen molar-refractivity contribution in [2.24, 2.45) is 0 Å². The van der Waals surface area contributed by atoms with Gasteiger partial charge >= 0.3 is 0 Å². The van der Waals surface area contributed by atoms with Crippen molar-refractivity contribution in [2.75, 3.05) is 20.6 Å². The maximum Gasteiger partial charge on any atom is 0.244 e. The Hall–Kier alpha value is -0.630. The molecule has 0 saturated heterocycles. The molecule has 1 amide bonds. The Morgan fingerprint density at radius 1 is 1.50 bits per heavy atom. The number of benzene rings is 1. The zero-order valence-corrected chi connectivity index (χ0v) is 12.9. The van der Waals surface area contributed by atoms with Gasteiger partial charge in [-0.25, -0.2) is 8.42 Å². The molecule has 0 atom stereocenters. The minimum absolute atomic E-state index is 0.0289. The molecular weight excluding hydrogens is 344 g/mol. The Kier molecular flexibility index (Phi) is 5.15. The van der Waals surface area contributed by atoms with E-state index in [1.807, 2.05) is 0 Å². The van der Waals surface area contributed by atoms with Gasteiger partial charge in [0, 0.05) is 18.6 Å². The number of nitrogens with one attached hydrogen (secondary N) is 1. The first kappa shape index (κ1) is 15.4. The van der Waals surface area contributed by atoms with Crippen LogP contribution in [0.3, 0.4) is 0 Å². The van der Waals surface area contributed by atoms with Gasteiger partial charge in [0.2, 0.25) is 15.9 Å². The molecule has 0 bridgehead atoms. The summed E-state index contributed by atoms with van der Waals surface area (Å²) in [4.78, 5) is 11.2. The first-order valence-electron chi connectivity index (χ1n) is 4.91. The number of carbonyl (C=O) groups excluding carboxylic acids is 1. The molecule has 1 aromatic carbocycles. The van der Waals surface area contributed by atoms with Gasteiger partial charge in [-0.3, -0.25) is 4.79 Å². The smallest absolute Gasteiger partial charge is 0.244 e. The summed E-state index contributed by atoms with van der Waals surface area (Å²) < 4.78 is 26.0. The number of hydrogen-bond acceptors (Lipinski definition) is 3. The fourth-order valence-corrected chi connectivity index (χ4v) is 3.35. The minimum Gasteiger partial charge on any atom is -0.358 e. The Bertz CT molecular complexity index is 562. The molecule has 0 radical (unpaired) electrons. The van der Waals surface area contributed by atoms with Crippen molar-refractivity contribution < 1.29 is 13.2 Å². The van der Waals surface area contributed by atoms with Crippen LogP contribution in [0.15, 0.2) is 27.6 Å². The summed E-state index contributed by atoms with van der Waals surface area (Å²) in [6, 6.07) is 4.46. The van der Waals surface area contributed by atoms with Crippen LogP contribution in [-0.4, -0.2) is 39.3 Å². The highest BCUT2D eigenvalue weighted by Crippen LogP contribution is 2.27. The fourth-order valence-electron chi connectivity index (χ4n) is 1.22. The minimum atomic E-state index is -3.77. The third kappa shape index (κ3) is 3.44. The molecule has 1 aromatic rings. The number of likely N-dealkylation sites (N-methyl/N-ethyl adjacent to an activating group) is 2. The number of carbonyl (C=O) groups is 1. The number of halogens is 2. The lowest BCUT2D eigenvalue weighted by Crippen LogP contribution is -2.36. The molecule has 18 heavy (non-hydrogen) atoms. The fraction of sp³-hybridized carbons (Fsp3) is 0.300. The topological polar surface area (TPSA) is 66.5 Å². The number of rotatable bonds is 4. The summed E-state index contributed by atoms with van der Waals surface area (Å²) in [6.07, 6.45) is 0. The van der Waals surface area contributed by atoms with Crippen LogP contribution < -0.4 is 5.32 Å². The van der Waals surface area contributed by atoms with Crippen molar-refractivity contribution in [3.63, 3.8) is 0 Å². The second kappa shape index (κ2) is 6.01. The average molecular weight is 356 g/mol. The lowest BCUT2D eigenvalue weighted by molar-refractivity contribution is -0.120. The van der Waals surface area contributed by atoms with Gasteiger partial charge < -0.3 is 5.32 Å².